The van der Waals surface area contributed by atoms with E-state index in [9.17, 15) is 13.2 Å². The third-order valence-corrected chi connectivity index (χ3v) is 3.32. The Kier molecular flexibility index (Phi) is 4.32. The lowest BCUT2D eigenvalue weighted by Gasteiger charge is -2.35. The van der Waals surface area contributed by atoms with Gasteiger partial charge in [-0.3, -0.25) is 0 Å². The molecule has 0 amide bonds. The van der Waals surface area contributed by atoms with Gasteiger partial charge in [-0.05, 0) is 32.0 Å². The van der Waals surface area contributed by atoms with Crippen molar-refractivity contribution in [3.05, 3.63) is 28.2 Å². The topological polar surface area (TPSA) is 30.5 Å². The van der Waals surface area contributed by atoms with Crippen LogP contribution in [0.4, 0.5) is 18.9 Å². The first-order valence-electron chi connectivity index (χ1n) is 6.08. The molecule has 3 nitrogen and oxygen atoms in total. The number of hydrogen-bond acceptors (Lipinski definition) is 3. The van der Waals surface area contributed by atoms with Crippen LogP contribution < -0.4 is 5.32 Å². The third-order valence-electron chi connectivity index (χ3n) is 2.86. The lowest BCUT2D eigenvalue weighted by Crippen LogP contribution is -2.45. The Labute approximate surface area is 123 Å². The standard InChI is InChI=1S/C13H15BrF3NO2/c1-12(2)19-6-11(7-20-12)18-10-4-8(13(15,16)17)3-9(14)5-10/h3-5,11,18H,6-7H2,1-2H3. The minimum absolute atomic E-state index is 0.182. The van der Waals surface area contributed by atoms with E-state index >= 15 is 0 Å². The highest BCUT2D eigenvalue weighted by Crippen LogP contribution is 2.33. The van der Waals surface area contributed by atoms with Crippen molar-refractivity contribution in [3.8, 4) is 0 Å². The summed E-state index contributed by atoms with van der Waals surface area (Å²) in [7, 11) is 0. The van der Waals surface area contributed by atoms with Crippen LogP contribution in [0.15, 0.2) is 22.7 Å². The van der Waals surface area contributed by atoms with Crippen LogP contribution in [0.5, 0.6) is 0 Å². The molecule has 1 aliphatic rings. The molecule has 1 heterocycles. The van der Waals surface area contributed by atoms with Gasteiger partial charge in [0.1, 0.15) is 0 Å². The number of hydrogen-bond donors (Lipinski definition) is 1. The monoisotopic (exact) mass is 353 g/mol. The predicted molar refractivity (Wildman–Crippen MR) is 72.5 cm³/mol. The van der Waals surface area contributed by atoms with Gasteiger partial charge in [-0.25, -0.2) is 0 Å². The number of halogens is 4. The molecule has 7 heteroatoms. The summed E-state index contributed by atoms with van der Waals surface area (Å²) in [4.78, 5) is 0. The van der Waals surface area contributed by atoms with Gasteiger partial charge in [0.2, 0.25) is 0 Å². The SMILES string of the molecule is CC1(C)OCC(Nc2cc(Br)cc(C(F)(F)F)c2)CO1. The molecule has 1 aliphatic heterocycles. The summed E-state index contributed by atoms with van der Waals surface area (Å²) in [5.74, 6) is -0.646. The Hall–Kier alpha value is -0.790. The molecule has 0 bridgehead atoms. The highest BCUT2D eigenvalue weighted by Gasteiger charge is 2.32. The van der Waals surface area contributed by atoms with Crippen molar-refractivity contribution >= 4 is 21.6 Å². The molecule has 1 aromatic rings. The highest BCUT2D eigenvalue weighted by atomic mass is 79.9. The van der Waals surface area contributed by atoms with Gasteiger partial charge < -0.3 is 14.8 Å². The zero-order valence-corrected chi connectivity index (χ0v) is 12.6. The summed E-state index contributed by atoms with van der Waals surface area (Å²) < 4.78 is 49.5. The second kappa shape index (κ2) is 5.54. The van der Waals surface area contributed by atoms with Crippen molar-refractivity contribution in [2.75, 3.05) is 18.5 Å². The Morgan fingerprint density at radius 1 is 1.20 bits per heavy atom. The summed E-state index contributed by atoms with van der Waals surface area (Å²) >= 11 is 3.09. The minimum atomic E-state index is -4.37. The maximum atomic E-state index is 12.7. The molecule has 1 saturated heterocycles. The first-order valence-corrected chi connectivity index (χ1v) is 6.87. The number of ether oxygens (including phenoxy) is 2. The van der Waals surface area contributed by atoms with Crippen LogP contribution in [0, 0.1) is 0 Å². The molecule has 0 atom stereocenters. The first-order chi connectivity index (χ1) is 9.16. The van der Waals surface area contributed by atoms with Gasteiger partial charge in [0, 0.05) is 10.2 Å². The lowest BCUT2D eigenvalue weighted by atomic mass is 10.1. The summed E-state index contributed by atoms with van der Waals surface area (Å²) in [5.41, 5.74) is -0.323. The van der Waals surface area contributed by atoms with Crippen molar-refractivity contribution in [1.82, 2.24) is 0 Å². The third kappa shape index (κ3) is 4.10. The molecular weight excluding hydrogens is 339 g/mol. The van der Waals surface area contributed by atoms with E-state index < -0.39 is 17.5 Å². The van der Waals surface area contributed by atoms with Crippen molar-refractivity contribution in [2.24, 2.45) is 0 Å². The molecule has 1 aromatic carbocycles. The van der Waals surface area contributed by atoms with Crippen LogP contribution in [0.25, 0.3) is 0 Å². The Balaban J connectivity index is 2.09. The molecule has 0 unspecified atom stereocenters. The molecule has 0 spiro atoms. The molecule has 2 rings (SSSR count). The molecule has 0 radical (unpaired) electrons. The van der Waals surface area contributed by atoms with E-state index in [0.717, 1.165) is 12.1 Å². The molecule has 20 heavy (non-hydrogen) atoms. The summed E-state index contributed by atoms with van der Waals surface area (Å²) in [6.07, 6.45) is -4.37. The Morgan fingerprint density at radius 3 is 2.35 bits per heavy atom. The molecule has 1 N–H and O–H groups in total. The fourth-order valence-electron chi connectivity index (χ4n) is 1.85. The molecular formula is C13H15BrF3NO2. The highest BCUT2D eigenvalue weighted by molar-refractivity contribution is 9.10. The van der Waals surface area contributed by atoms with E-state index in [0.29, 0.717) is 23.4 Å². The van der Waals surface area contributed by atoms with E-state index in [-0.39, 0.29) is 6.04 Å². The normalized spacial score (nSPS) is 19.9. The van der Waals surface area contributed by atoms with Gasteiger partial charge >= 0.3 is 6.18 Å². The average molecular weight is 354 g/mol. The lowest BCUT2D eigenvalue weighted by molar-refractivity contribution is -0.247. The Morgan fingerprint density at radius 2 is 1.80 bits per heavy atom. The van der Waals surface area contributed by atoms with Crippen LogP contribution in [0.2, 0.25) is 0 Å². The predicted octanol–water partition coefficient (Wildman–Crippen LogP) is 4.03. The molecule has 0 aliphatic carbocycles. The number of rotatable bonds is 2. The van der Waals surface area contributed by atoms with E-state index in [1.54, 1.807) is 19.9 Å². The maximum absolute atomic E-state index is 12.7. The Bertz CT molecular complexity index is 481. The van der Waals surface area contributed by atoms with Gasteiger partial charge in [0.25, 0.3) is 0 Å². The van der Waals surface area contributed by atoms with E-state index in [4.69, 9.17) is 9.47 Å². The van der Waals surface area contributed by atoms with Gasteiger partial charge in [0.05, 0.1) is 24.8 Å². The smallest absolute Gasteiger partial charge is 0.378 e. The van der Waals surface area contributed by atoms with Crippen molar-refractivity contribution in [2.45, 2.75) is 31.9 Å². The quantitative estimate of drug-likeness (QED) is 0.870. The second-order valence-electron chi connectivity index (χ2n) is 5.09. The fraction of sp³-hybridized carbons (Fsp3) is 0.538. The van der Waals surface area contributed by atoms with Gasteiger partial charge in [-0.15, -0.1) is 0 Å². The largest absolute Gasteiger partial charge is 0.416 e. The van der Waals surface area contributed by atoms with E-state index in [1.807, 2.05) is 0 Å². The zero-order valence-electron chi connectivity index (χ0n) is 11.1. The number of benzene rings is 1. The van der Waals surface area contributed by atoms with E-state index in [1.165, 1.54) is 0 Å². The van der Waals surface area contributed by atoms with Crippen LogP contribution in [0.1, 0.15) is 19.4 Å². The minimum Gasteiger partial charge on any atom is -0.378 e. The van der Waals surface area contributed by atoms with Crippen molar-refractivity contribution < 1.29 is 22.6 Å². The number of alkyl halides is 3. The summed E-state index contributed by atoms with van der Waals surface area (Å²) in [6.45, 7) is 4.34. The van der Waals surface area contributed by atoms with Crippen molar-refractivity contribution in [3.63, 3.8) is 0 Å². The first kappa shape index (κ1) is 15.6. The fourth-order valence-corrected chi connectivity index (χ4v) is 2.34. The van der Waals surface area contributed by atoms with Gasteiger partial charge in [-0.2, -0.15) is 13.2 Å². The van der Waals surface area contributed by atoms with Crippen LogP contribution in [-0.2, 0) is 15.7 Å². The van der Waals surface area contributed by atoms with Crippen LogP contribution >= 0.6 is 15.9 Å². The van der Waals surface area contributed by atoms with Gasteiger partial charge in [0.15, 0.2) is 5.79 Å². The summed E-state index contributed by atoms with van der Waals surface area (Å²) in [5, 5.41) is 2.99. The maximum Gasteiger partial charge on any atom is 0.416 e. The number of nitrogens with one attached hydrogen (secondary N) is 1. The molecule has 0 aromatic heterocycles. The summed E-state index contributed by atoms with van der Waals surface area (Å²) in [6, 6.07) is 3.53. The number of anilines is 1. The van der Waals surface area contributed by atoms with Crippen LogP contribution in [-0.4, -0.2) is 25.0 Å². The van der Waals surface area contributed by atoms with Crippen LogP contribution in [0.3, 0.4) is 0 Å². The second-order valence-corrected chi connectivity index (χ2v) is 6.01. The van der Waals surface area contributed by atoms with Crippen molar-refractivity contribution in [1.29, 1.82) is 0 Å². The zero-order chi connectivity index (χ0) is 15.0. The van der Waals surface area contributed by atoms with Gasteiger partial charge in [-0.1, -0.05) is 15.9 Å². The molecule has 0 saturated carbocycles. The molecule has 1 fully saturated rings. The average Bonchev–Trinajstić information content (AvgIpc) is 2.30. The van der Waals surface area contributed by atoms with E-state index in [2.05, 4.69) is 21.2 Å². The molecule has 112 valence electrons.